The van der Waals surface area contributed by atoms with Crippen molar-refractivity contribution in [3.8, 4) is 0 Å². The number of rotatable bonds is 5. The third-order valence-corrected chi connectivity index (χ3v) is 1.58. The van der Waals surface area contributed by atoms with Crippen LogP contribution in [0.25, 0.3) is 0 Å². The Morgan fingerprint density at radius 2 is 2.33 bits per heavy atom. The van der Waals surface area contributed by atoms with Crippen LogP contribution in [0.1, 0.15) is 26.2 Å². The average Bonchev–Trinajstić information content (AvgIpc) is 2.01. The van der Waals surface area contributed by atoms with Crippen molar-refractivity contribution in [2.75, 3.05) is 0 Å². The number of halogens is 1. The third kappa shape index (κ3) is 3.37. The Hall–Kier alpha value is -1.06. The molecule has 0 saturated heterocycles. The molecule has 0 spiro atoms. The first-order valence-electron chi connectivity index (χ1n) is 3.92. The van der Waals surface area contributed by atoms with Crippen molar-refractivity contribution in [3.63, 3.8) is 0 Å². The number of carbonyl (C=O) groups is 1. The standard InChI is InChI=1S/C8H14FNO2/c1-2-3-4-7(9)6(5-10)8(11)12/h5,7H,2-4,10H2,1H3,(H,11,12)/b6-5-. The number of nitrogens with two attached hydrogens (primary N) is 1. The summed E-state index contributed by atoms with van der Waals surface area (Å²) < 4.78 is 13.0. The summed E-state index contributed by atoms with van der Waals surface area (Å²) >= 11 is 0. The van der Waals surface area contributed by atoms with Crippen LogP contribution in [0.2, 0.25) is 0 Å². The van der Waals surface area contributed by atoms with Gasteiger partial charge in [-0.15, -0.1) is 0 Å². The monoisotopic (exact) mass is 175 g/mol. The summed E-state index contributed by atoms with van der Waals surface area (Å²) in [5, 5.41) is 8.45. The molecule has 4 heteroatoms. The van der Waals surface area contributed by atoms with E-state index in [1.54, 1.807) is 0 Å². The molecule has 3 N–H and O–H groups in total. The van der Waals surface area contributed by atoms with Gasteiger partial charge in [-0.1, -0.05) is 19.8 Å². The summed E-state index contributed by atoms with van der Waals surface area (Å²) in [4.78, 5) is 10.3. The smallest absolute Gasteiger partial charge is 0.336 e. The predicted octanol–water partition coefficient (Wildman–Crippen LogP) is 1.44. The Kier molecular flexibility index (Phi) is 5.08. The van der Waals surface area contributed by atoms with Gasteiger partial charge in [-0.3, -0.25) is 0 Å². The number of carboxylic acid groups (broad SMARTS) is 1. The first-order chi connectivity index (χ1) is 5.63. The molecule has 0 aliphatic heterocycles. The van der Waals surface area contributed by atoms with Gasteiger partial charge in [-0.25, -0.2) is 9.18 Å². The van der Waals surface area contributed by atoms with E-state index in [1.807, 2.05) is 6.92 Å². The molecule has 1 atom stereocenters. The summed E-state index contributed by atoms with van der Waals surface area (Å²) in [6, 6.07) is 0. The molecule has 0 aliphatic rings. The Morgan fingerprint density at radius 1 is 1.75 bits per heavy atom. The van der Waals surface area contributed by atoms with Crippen LogP contribution in [0.15, 0.2) is 11.8 Å². The number of aliphatic carboxylic acids is 1. The highest BCUT2D eigenvalue weighted by Gasteiger charge is 2.18. The van der Waals surface area contributed by atoms with E-state index < -0.39 is 12.1 Å². The van der Waals surface area contributed by atoms with Crippen LogP contribution in [0.5, 0.6) is 0 Å². The lowest BCUT2D eigenvalue weighted by Gasteiger charge is -2.06. The van der Waals surface area contributed by atoms with Gasteiger partial charge in [0, 0.05) is 6.20 Å². The van der Waals surface area contributed by atoms with E-state index in [2.05, 4.69) is 0 Å². The zero-order valence-electron chi connectivity index (χ0n) is 7.09. The molecule has 0 heterocycles. The lowest BCUT2D eigenvalue weighted by molar-refractivity contribution is -0.133. The highest BCUT2D eigenvalue weighted by atomic mass is 19.1. The van der Waals surface area contributed by atoms with Crippen LogP contribution in [0.4, 0.5) is 4.39 Å². The van der Waals surface area contributed by atoms with E-state index in [0.717, 1.165) is 12.6 Å². The van der Waals surface area contributed by atoms with Gasteiger partial charge in [0.1, 0.15) is 6.17 Å². The zero-order valence-corrected chi connectivity index (χ0v) is 7.09. The van der Waals surface area contributed by atoms with Crippen LogP contribution < -0.4 is 5.73 Å². The molecule has 0 aromatic heterocycles. The molecule has 3 nitrogen and oxygen atoms in total. The number of alkyl halides is 1. The number of hydrogen-bond donors (Lipinski definition) is 2. The molecule has 0 saturated carbocycles. The molecule has 0 aromatic carbocycles. The van der Waals surface area contributed by atoms with Crippen molar-refractivity contribution in [1.82, 2.24) is 0 Å². The van der Waals surface area contributed by atoms with E-state index >= 15 is 0 Å². The van der Waals surface area contributed by atoms with Gasteiger partial charge >= 0.3 is 5.97 Å². The van der Waals surface area contributed by atoms with E-state index in [4.69, 9.17) is 10.8 Å². The molecule has 0 fully saturated rings. The molecule has 0 radical (unpaired) electrons. The Bertz CT molecular complexity index is 180. The molecule has 0 aromatic rings. The lowest BCUT2D eigenvalue weighted by Crippen LogP contribution is -2.15. The predicted molar refractivity (Wildman–Crippen MR) is 44.3 cm³/mol. The van der Waals surface area contributed by atoms with E-state index in [-0.39, 0.29) is 12.0 Å². The van der Waals surface area contributed by atoms with Crippen molar-refractivity contribution in [3.05, 3.63) is 11.8 Å². The Labute approximate surface area is 71.1 Å². The van der Waals surface area contributed by atoms with E-state index in [1.165, 1.54) is 0 Å². The quantitative estimate of drug-likeness (QED) is 0.621. The van der Waals surface area contributed by atoms with Gasteiger partial charge in [0.2, 0.25) is 0 Å². The molecule has 0 aliphatic carbocycles. The number of carboxylic acids is 1. The SMILES string of the molecule is CCCCC(F)/C(=C/N)C(=O)O. The lowest BCUT2D eigenvalue weighted by atomic mass is 10.1. The summed E-state index contributed by atoms with van der Waals surface area (Å²) in [5.74, 6) is -1.28. The summed E-state index contributed by atoms with van der Waals surface area (Å²) in [5.41, 5.74) is 4.62. The van der Waals surface area contributed by atoms with Gasteiger partial charge in [-0.2, -0.15) is 0 Å². The minimum atomic E-state index is -1.44. The van der Waals surface area contributed by atoms with Crippen molar-refractivity contribution in [2.24, 2.45) is 5.73 Å². The van der Waals surface area contributed by atoms with Crippen LogP contribution in [0.3, 0.4) is 0 Å². The largest absolute Gasteiger partial charge is 0.478 e. The van der Waals surface area contributed by atoms with Crippen LogP contribution in [-0.4, -0.2) is 17.2 Å². The van der Waals surface area contributed by atoms with Gasteiger partial charge in [0.15, 0.2) is 0 Å². The topological polar surface area (TPSA) is 63.3 Å². The van der Waals surface area contributed by atoms with Crippen LogP contribution in [0, 0.1) is 0 Å². The van der Waals surface area contributed by atoms with Crippen LogP contribution >= 0.6 is 0 Å². The molecule has 0 bridgehead atoms. The van der Waals surface area contributed by atoms with E-state index in [9.17, 15) is 9.18 Å². The summed E-state index contributed by atoms with van der Waals surface area (Å²) in [6.45, 7) is 1.92. The second-order valence-corrected chi connectivity index (χ2v) is 2.54. The average molecular weight is 175 g/mol. The highest BCUT2D eigenvalue weighted by Crippen LogP contribution is 2.13. The molecule has 12 heavy (non-hydrogen) atoms. The first-order valence-corrected chi connectivity index (χ1v) is 3.92. The molecule has 0 rings (SSSR count). The fourth-order valence-corrected chi connectivity index (χ4v) is 0.849. The fraction of sp³-hybridized carbons (Fsp3) is 0.625. The van der Waals surface area contributed by atoms with Gasteiger partial charge in [0.05, 0.1) is 5.57 Å². The van der Waals surface area contributed by atoms with Crippen molar-refractivity contribution < 1.29 is 14.3 Å². The maximum atomic E-state index is 13.0. The van der Waals surface area contributed by atoms with Gasteiger partial charge in [0.25, 0.3) is 0 Å². The zero-order chi connectivity index (χ0) is 9.56. The number of hydrogen-bond acceptors (Lipinski definition) is 2. The molecule has 70 valence electrons. The highest BCUT2D eigenvalue weighted by molar-refractivity contribution is 5.87. The van der Waals surface area contributed by atoms with Gasteiger partial charge < -0.3 is 10.8 Å². The third-order valence-electron chi connectivity index (χ3n) is 1.58. The van der Waals surface area contributed by atoms with Crippen LogP contribution in [-0.2, 0) is 4.79 Å². The fourth-order valence-electron chi connectivity index (χ4n) is 0.849. The molecular formula is C8H14FNO2. The normalized spacial score (nSPS) is 14.3. The minimum Gasteiger partial charge on any atom is -0.478 e. The maximum absolute atomic E-state index is 13.0. The second kappa shape index (κ2) is 5.57. The first kappa shape index (κ1) is 10.9. The van der Waals surface area contributed by atoms with Crippen molar-refractivity contribution in [1.29, 1.82) is 0 Å². The summed E-state index contributed by atoms with van der Waals surface area (Å²) in [7, 11) is 0. The molecule has 1 unspecified atom stereocenters. The number of unbranched alkanes of at least 4 members (excludes halogenated alkanes) is 1. The van der Waals surface area contributed by atoms with Crippen molar-refractivity contribution in [2.45, 2.75) is 32.4 Å². The van der Waals surface area contributed by atoms with Crippen molar-refractivity contribution >= 4 is 5.97 Å². The van der Waals surface area contributed by atoms with Gasteiger partial charge in [-0.05, 0) is 6.42 Å². The second-order valence-electron chi connectivity index (χ2n) is 2.54. The Balaban J connectivity index is 4.05. The minimum absolute atomic E-state index is 0.228. The maximum Gasteiger partial charge on any atom is 0.336 e. The summed E-state index contributed by atoms with van der Waals surface area (Å²) in [6.07, 6.45) is 1.13. The Morgan fingerprint density at radius 3 is 2.67 bits per heavy atom. The molecular weight excluding hydrogens is 161 g/mol. The molecule has 0 amide bonds. The van der Waals surface area contributed by atoms with E-state index in [0.29, 0.717) is 6.42 Å².